The molecular formula is C10H10ClNO3. The number of carbonyl (C=O) groups excluding carboxylic acids is 1. The van der Waals surface area contributed by atoms with Crippen molar-refractivity contribution in [1.82, 2.24) is 4.98 Å². The lowest BCUT2D eigenvalue weighted by Crippen LogP contribution is -2.30. The van der Waals surface area contributed by atoms with Gasteiger partial charge in [-0.25, -0.2) is 9.78 Å². The minimum Gasteiger partial charge on any atom is -0.466 e. The molecule has 1 aromatic heterocycles. The fourth-order valence-corrected chi connectivity index (χ4v) is 1.45. The van der Waals surface area contributed by atoms with E-state index >= 15 is 0 Å². The summed E-state index contributed by atoms with van der Waals surface area (Å²) in [7, 11) is 1.34. The second-order valence-corrected chi connectivity index (χ2v) is 3.77. The predicted molar refractivity (Wildman–Crippen MR) is 53.9 cm³/mol. The standard InChI is InChI=1S/C10H10ClNO3/c1-14-9(13)10(5-6-10)15-8-4-2-3-7(11)12-8/h2-4H,5-6H2,1H3. The summed E-state index contributed by atoms with van der Waals surface area (Å²) in [5.74, 6) is -0.00493. The summed E-state index contributed by atoms with van der Waals surface area (Å²) in [6.45, 7) is 0. The number of rotatable bonds is 3. The quantitative estimate of drug-likeness (QED) is 0.584. The molecule has 15 heavy (non-hydrogen) atoms. The van der Waals surface area contributed by atoms with Crippen molar-refractivity contribution in [2.45, 2.75) is 18.4 Å². The molecule has 0 saturated heterocycles. The first-order valence-corrected chi connectivity index (χ1v) is 4.94. The van der Waals surface area contributed by atoms with E-state index < -0.39 is 5.60 Å². The van der Waals surface area contributed by atoms with Crippen molar-refractivity contribution in [2.75, 3.05) is 7.11 Å². The Morgan fingerprint density at radius 2 is 2.27 bits per heavy atom. The van der Waals surface area contributed by atoms with Gasteiger partial charge in [0, 0.05) is 18.9 Å². The lowest BCUT2D eigenvalue weighted by molar-refractivity contribution is -0.151. The Balaban J connectivity index is 2.12. The molecule has 80 valence electrons. The summed E-state index contributed by atoms with van der Waals surface area (Å²) in [5.41, 5.74) is -0.827. The van der Waals surface area contributed by atoms with Crippen LogP contribution in [-0.4, -0.2) is 23.7 Å². The summed E-state index contributed by atoms with van der Waals surface area (Å²) in [5, 5.41) is 0.341. The lowest BCUT2D eigenvalue weighted by Gasteiger charge is -2.14. The summed E-state index contributed by atoms with van der Waals surface area (Å²) in [6, 6.07) is 5.03. The smallest absolute Gasteiger partial charge is 0.350 e. The summed E-state index contributed by atoms with van der Waals surface area (Å²) < 4.78 is 10.1. The monoisotopic (exact) mass is 227 g/mol. The molecule has 1 aliphatic carbocycles. The van der Waals surface area contributed by atoms with Crippen LogP contribution in [0.3, 0.4) is 0 Å². The fraction of sp³-hybridized carbons (Fsp3) is 0.400. The Bertz CT molecular complexity index is 390. The van der Waals surface area contributed by atoms with E-state index in [0.29, 0.717) is 23.9 Å². The van der Waals surface area contributed by atoms with E-state index in [1.165, 1.54) is 7.11 Å². The van der Waals surface area contributed by atoms with Gasteiger partial charge in [0.05, 0.1) is 7.11 Å². The Kier molecular flexibility index (Phi) is 2.52. The van der Waals surface area contributed by atoms with Crippen LogP contribution in [0.2, 0.25) is 5.15 Å². The van der Waals surface area contributed by atoms with E-state index in [1.807, 2.05) is 0 Å². The minimum absolute atomic E-state index is 0.341. The van der Waals surface area contributed by atoms with Gasteiger partial charge in [0.25, 0.3) is 0 Å². The summed E-state index contributed by atoms with van der Waals surface area (Å²) in [4.78, 5) is 15.3. The zero-order valence-corrected chi connectivity index (χ0v) is 8.95. The maximum atomic E-state index is 11.4. The minimum atomic E-state index is -0.827. The Morgan fingerprint density at radius 1 is 1.53 bits per heavy atom. The van der Waals surface area contributed by atoms with E-state index in [0.717, 1.165) is 0 Å². The first-order chi connectivity index (χ1) is 7.16. The summed E-state index contributed by atoms with van der Waals surface area (Å²) in [6.07, 6.45) is 1.32. The second-order valence-electron chi connectivity index (χ2n) is 3.39. The van der Waals surface area contributed by atoms with Crippen molar-refractivity contribution >= 4 is 17.6 Å². The molecule has 0 amide bonds. The van der Waals surface area contributed by atoms with Crippen molar-refractivity contribution in [2.24, 2.45) is 0 Å². The van der Waals surface area contributed by atoms with Gasteiger partial charge in [0.15, 0.2) is 0 Å². The average molecular weight is 228 g/mol. The van der Waals surface area contributed by atoms with Gasteiger partial charge in [-0.15, -0.1) is 0 Å². The first-order valence-electron chi connectivity index (χ1n) is 4.56. The normalized spacial score (nSPS) is 16.9. The van der Waals surface area contributed by atoms with Crippen LogP contribution < -0.4 is 4.74 Å². The molecule has 5 heteroatoms. The molecule has 1 aliphatic rings. The van der Waals surface area contributed by atoms with Crippen LogP contribution in [-0.2, 0) is 9.53 Å². The predicted octanol–water partition coefficient (Wildman–Crippen LogP) is 1.82. The van der Waals surface area contributed by atoms with Crippen LogP contribution >= 0.6 is 11.6 Å². The molecule has 1 heterocycles. The number of esters is 1. The molecule has 2 rings (SSSR count). The summed E-state index contributed by atoms with van der Waals surface area (Å²) >= 11 is 5.70. The maximum absolute atomic E-state index is 11.4. The van der Waals surface area contributed by atoms with Crippen LogP contribution in [0.5, 0.6) is 5.88 Å². The number of nitrogens with zero attached hydrogens (tertiary/aromatic N) is 1. The van der Waals surface area contributed by atoms with Crippen molar-refractivity contribution in [3.8, 4) is 5.88 Å². The van der Waals surface area contributed by atoms with E-state index in [1.54, 1.807) is 18.2 Å². The van der Waals surface area contributed by atoms with Crippen LogP contribution in [0, 0.1) is 0 Å². The second kappa shape index (κ2) is 3.70. The third-order valence-electron chi connectivity index (χ3n) is 2.25. The fourth-order valence-electron chi connectivity index (χ4n) is 1.29. The number of hydrogen-bond donors (Lipinski definition) is 0. The number of hydrogen-bond acceptors (Lipinski definition) is 4. The molecule has 4 nitrogen and oxygen atoms in total. The number of halogens is 1. The van der Waals surface area contributed by atoms with Crippen molar-refractivity contribution in [3.63, 3.8) is 0 Å². The third-order valence-corrected chi connectivity index (χ3v) is 2.46. The van der Waals surface area contributed by atoms with Gasteiger partial charge in [0.2, 0.25) is 11.5 Å². The van der Waals surface area contributed by atoms with E-state index in [9.17, 15) is 4.79 Å². The highest BCUT2D eigenvalue weighted by Gasteiger charge is 2.54. The Labute approximate surface area is 92.2 Å². The zero-order chi connectivity index (χ0) is 10.9. The van der Waals surface area contributed by atoms with E-state index in [-0.39, 0.29) is 5.97 Å². The van der Waals surface area contributed by atoms with E-state index in [2.05, 4.69) is 9.72 Å². The van der Waals surface area contributed by atoms with Crippen molar-refractivity contribution in [1.29, 1.82) is 0 Å². The highest BCUT2D eigenvalue weighted by molar-refractivity contribution is 6.29. The van der Waals surface area contributed by atoms with Gasteiger partial charge >= 0.3 is 5.97 Å². The number of pyridine rings is 1. The molecule has 0 N–H and O–H groups in total. The van der Waals surface area contributed by atoms with Crippen molar-refractivity contribution in [3.05, 3.63) is 23.4 Å². The van der Waals surface area contributed by atoms with Gasteiger partial charge in [-0.3, -0.25) is 0 Å². The molecule has 1 saturated carbocycles. The third kappa shape index (κ3) is 2.04. The van der Waals surface area contributed by atoms with Gasteiger partial charge in [-0.2, -0.15) is 0 Å². The molecule has 0 atom stereocenters. The number of aromatic nitrogens is 1. The highest BCUT2D eigenvalue weighted by atomic mass is 35.5. The zero-order valence-electron chi connectivity index (χ0n) is 8.20. The Morgan fingerprint density at radius 3 is 2.80 bits per heavy atom. The molecule has 0 aromatic carbocycles. The molecule has 0 bridgehead atoms. The van der Waals surface area contributed by atoms with Gasteiger partial charge in [0.1, 0.15) is 5.15 Å². The number of ether oxygens (including phenoxy) is 2. The molecule has 1 aromatic rings. The van der Waals surface area contributed by atoms with Crippen LogP contribution in [0.25, 0.3) is 0 Å². The van der Waals surface area contributed by atoms with Gasteiger partial charge in [-0.05, 0) is 6.07 Å². The van der Waals surface area contributed by atoms with Crippen LogP contribution in [0.15, 0.2) is 18.2 Å². The average Bonchev–Trinajstić information content (AvgIpc) is 2.98. The molecule has 0 unspecified atom stereocenters. The van der Waals surface area contributed by atoms with Gasteiger partial charge < -0.3 is 9.47 Å². The maximum Gasteiger partial charge on any atom is 0.350 e. The Hall–Kier alpha value is -1.29. The topological polar surface area (TPSA) is 48.4 Å². The van der Waals surface area contributed by atoms with Gasteiger partial charge in [-0.1, -0.05) is 17.7 Å². The molecule has 0 aliphatic heterocycles. The number of carbonyl (C=O) groups is 1. The lowest BCUT2D eigenvalue weighted by atomic mass is 10.3. The van der Waals surface area contributed by atoms with Crippen LogP contribution in [0.4, 0.5) is 0 Å². The molecule has 0 radical (unpaired) electrons. The largest absolute Gasteiger partial charge is 0.466 e. The number of methoxy groups -OCH3 is 1. The molecule has 0 spiro atoms. The highest BCUT2D eigenvalue weighted by Crippen LogP contribution is 2.40. The van der Waals surface area contributed by atoms with Crippen molar-refractivity contribution < 1.29 is 14.3 Å². The van der Waals surface area contributed by atoms with Crippen LogP contribution in [0.1, 0.15) is 12.8 Å². The molecular weight excluding hydrogens is 218 g/mol. The SMILES string of the molecule is COC(=O)C1(Oc2cccc(Cl)n2)CC1. The first kappa shape index (κ1) is 10.2. The molecule has 1 fully saturated rings. The van der Waals surface area contributed by atoms with E-state index in [4.69, 9.17) is 16.3 Å².